The number of benzene rings is 1. The minimum atomic E-state index is -4.72. The second-order valence-electron chi connectivity index (χ2n) is 5.26. The summed E-state index contributed by atoms with van der Waals surface area (Å²) in [5, 5.41) is 8.66. The minimum absolute atomic E-state index is 0.0658. The van der Waals surface area contributed by atoms with E-state index in [-0.39, 0.29) is 10.8 Å². The summed E-state index contributed by atoms with van der Waals surface area (Å²) in [6.45, 7) is -1.91. The lowest BCUT2D eigenvalue weighted by molar-refractivity contribution is -0.188. The van der Waals surface area contributed by atoms with Crippen molar-refractivity contribution in [2.24, 2.45) is 11.8 Å². The first-order valence-corrected chi connectivity index (χ1v) is 7.12. The quantitative estimate of drug-likeness (QED) is 0.828. The first-order valence-electron chi connectivity index (χ1n) is 6.74. The largest absolute Gasteiger partial charge is 0.484 e. The zero-order valence-corrected chi connectivity index (χ0v) is 12.8. The molecule has 1 N–H and O–H groups in total. The van der Waals surface area contributed by atoms with Gasteiger partial charge in [-0.25, -0.2) is 4.39 Å². The number of carboxylic acid groups (broad SMARTS) is 1. The maximum absolute atomic E-state index is 13.0. The van der Waals surface area contributed by atoms with Crippen molar-refractivity contribution in [3.05, 3.63) is 29.0 Å². The summed E-state index contributed by atoms with van der Waals surface area (Å²) in [5.41, 5.74) is 0. The van der Waals surface area contributed by atoms with Crippen molar-refractivity contribution in [2.45, 2.75) is 6.18 Å². The van der Waals surface area contributed by atoms with Crippen molar-refractivity contribution in [3.63, 3.8) is 0 Å². The molecule has 24 heavy (non-hydrogen) atoms. The Bertz CT molecular complexity index is 652. The molecule has 0 aromatic heterocycles. The summed E-state index contributed by atoms with van der Waals surface area (Å²) in [6, 6.07) is 3.34. The van der Waals surface area contributed by atoms with Crippen LogP contribution in [0, 0.1) is 17.7 Å². The molecule has 0 radical (unpaired) electrons. The molecule has 1 aromatic rings. The molecule has 1 amide bonds. The Balaban J connectivity index is 2.00. The van der Waals surface area contributed by atoms with Crippen molar-refractivity contribution >= 4 is 23.5 Å². The number of hydrogen-bond donors (Lipinski definition) is 1. The molecule has 1 aliphatic rings. The molecule has 0 bridgehead atoms. The average Bonchev–Trinajstić information content (AvgIpc) is 2.94. The topological polar surface area (TPSA) is 66.8 Å². The monoisotopic (exact) mass is 369 g/mol. The highest BCUT2D eigenvalue weighted by molar-refractivity contribution is 6.30. The smallest absolute Gasteiger partial charge is 0.394 e. The SMILES string of the molecule is O=C(O)[C@@H]1CN(C(=O)COc2ccc(F)c(Cl)c2)C[C@H]1C(F)(F)F. The zero-order chi connectivity index (χ0) is 18.1. The number of aliphatic carboxylic acids is 1. The molecule has 0 aliphatic carbocycles. The van der Waals surface area contributed by atoms with Gasteiger partial charge in [-0.05, 0) is 12.1 Å². The highest BCUT2D eigenvalue weighted by atomic mass is 35.5. The van der Waals surface area contributed by atoms with Crippen molar-refractivity contribution in [3.8, 4) is 5.75 Å². The molecular formula is C14H12ClF4NO4. The van der Waals surface area contributed by atoms with E-state index in [0.29, 0.717) is 0 Å². The van der Waals surface area contributed by atoms with Crippen LogP contribution >= 0.6 is 11.6 Å². The Labute approximate surface area is 138 Å². The summed E-state index contributed by atoms with van der Waals surface area (Å²) in [4.78, 5) is 23.7. The summed E-state index contributed by atoms with van der Waals surface area (Å²) < 4.78 is 56.6. The van der Waals surface area contributed by atoms with Gasteiger partial charge in [-0.2, -0.15) is 13.2 Å². The maximum Gasteiger partial charge on any atom is 0.394 e. The highest BCUT2D eigenvalue weighted by Gasteiger charge is 2.53. The van der Waals surface area contributed by atoms with Gasteiger partial charge in [0.15, 0.2) is 6.61 Å². The molecule has 1 aliphatic heterocycles. The molecule has 5 nitrogen and oxygen atoms in total. The zero-order valence-electron chi connectivity index (χ0n) is 12.0. The number of carboxylic acids is 1. The number of likely N-dealkylation sites (tertiary alicyclic amines) is 1. The second kappa shape index (κ2) is 6.84. The molecule has 1 fully saturated rings. The maximum atomic E-state index is 13.0. The van der Waals surface area contributed by atoms with E-state index in [4.69, 9.17) is 21.4 Å². The molecule has 1 heterocycles. The van der Waals surface area contributed by atoms with E-state index in [1.165, 1.54) is 6.07 Å². The van der Waals surface area contributed by atoms with E-state index >= 15 is 0 Å². The molecule has 2 atom stereocenters. The standard InChI is InChI=1S/C14H12ClF4NO4/c15-10-3-7(1-2-11(10)16)24-6-12(21)20-4-8(13(22)23)9(5-20)14(17,18)19/h1-3,8-9H,4-6H2,(H,22,23)/t8-,9-/m1/s1. The van der Waals surface area contributed by atoms with Crippen LogP contribution in [0.5, 0.6) is 5.75 Å². The van der Waals surface area contributed by atoms with Crippen LogP contribution in [0.4, 0.5) is 17.6 Å². The van der Waals surface area contributed by atoms with E-state index in [2.05, 4.69) is 0 Å². The second-order valence-corrected chi connectivity index (χ2v) is 5.66. The Morgan fingerprint density at radius 1 is 1.33 bits per heavy atom. The van der Waals surface area contributed by atoms with Gasteiger partial charge in [0.1, 0.15) is 11.6 Å². The Morgan fingerprint density at radius 3 is 2.50 bits per heavy atom. The number of amides is 1. The fourth-order valence-corrected chi connectivity index (χ4v) is 2.56. The fraction of sp³-hybridized carbons (Fsp3) is 0.429. The summed E-state index contributed by atoms with van der Waals surface area (Å²) in [5.74, 6) is -6.87. The fourth-order valence-electron chi connectivity index (χ4n) is 2.39. The molecule has 1 aromatic carbocycles. The molecular weight excluding hydrogens is 358 g/mol. The highest BCUT2D eigenvalue weighted by Crippen LogP contribution is 2.37. The molecule has 0 saturated carbocycles. The van der Waals surface area contributed by atoms with Gasteiger partial charge in [-0.1, -0.05) is 11.6 Å². The van der Waals surface area contributed by atoms with Crippen LogP contribution in [0.2, 0.25) is 5.02 Å². The van der Waals surface area contributed by atoms with Crippen molar-refractivity contribution < 1.29 is 37.0 Å². The Hall–Kier alpha value is -2.03. The lowest BCUT2D eigenvalue weighted by atomic mass is 9.96. The van der Waals surface area contributed by atoms with Gasteiger partial charge in [0.05, 0.1) is 16.9 Å². The first-order chi connectivity index (χ1) is 11.1. The third kappa shape index (κ3) is 4.08. The third-order valence-electron chi connectivity index (χ3n) is 3.66. The lowest BCUT2D eigenvalue weighted by Crippen LogP contribution is -2.35. The van der Waals surface area contributed by atoms with Crippen LogP contribution < -0.4 is 4.74 Å². The summed E-state index contributed by atoms with van der Waals surface area (Å²) in [7, 11) is 0. The van der Waals surface area contributed by atoms with Crippen LogP contribution in [-0.4, -0.2) is 47.8 Å². The number of ether oxygens (including phenoxy) is 1. The van der Waals surface area contributed by atoms with Crippen molar-refractivity contribution in [1.82, 2.24) is 4.90 Å². The van der Waals surface area contributed by atoms with Crippen LogP contribution in [0.15, 0.2) is 18.2 Å². The van der Waals surface area contributed by atoms with E-state index in [9.17, 15) is 27.2 Å². The average molecular weight is 370 g/mol. The van der Waals surface area contributed by atoms with E-state index in [0.717, 1.165) is 17.0 Å². The number of carbonyl (C=O) groups is 2. The predicted octanol–water partition coefficient (Wildman–Crippen LogP) is 2.58. The van der Waals surface area contributed by atoms with E-state index < -0.39 is 55.4 Å². The summed E-state index contributed by atoms with van der Waals surface area (Å²) in [6.07, 6.45) is -4.72. The molecule has 2 rings (SSSR count). The molecule has 10 heteroatoms. The van der Waals surface area contributed by atoms with Gasteiger partial charge in [0.2, 0.25) is 0 Å². The number of alkyl halides is 3. The number of halogens is 5. The van der Waals surface area contributed by atoms with Crippen molar-refractivity contribution in [2.75, 3.05) is 19.7 Å². The van der Waals surface area contributed by atoms with Gasteiger partial charge in [-0.15, -0.1) is 0 Å². The van der Waals surface area contributed by atoms with Gasteiger partial charge in [0, 0.05) is 19.2 Å². The molecule has 0 spiro atoms. The van der Waals surface area contributed by atoms with Gasteiger partial charge in [-0.3, -0.25) is 9.59 Å². The van der Waals surface area contributed by atoms with Crippen LogP contribution in [-0.2, 0) is 9.59 Å². The van der Waals surface area contributed by atoms with Crippen molar-refractivity contribution in [1.29, 1.82) is 0 Å². The number of rotatable bonds is 4. The van der Waals surface area contributed by atoms with E-state index in [1.807, 2.05) is 0 Å². The third-order valence-corrected chi connectivity index (χ3v) is 3.95. The van der Waals surface area contributed by atoms with E-state index in [1.54, 1.807) is 0 Å². The molecule has 1 saturated heterocycles. The van der Waals surface area contributed by atoms with Gasteiger partial charge >= 0.3 is 12.1 Å². The number of carbonyl (C=O) groups excluding carboxylic acids is 1. The number of nitrogens with zero attached hydrogens (tertiary/aromatic N) is 1. The number of hydrogen-bond acceptors (Lipinski definition) is 3. The van der Waals surface area contributed by atoms with Gasteiger partial charge < -0.3 is 14.7 Å². The Morgan fingerprint density at radius 2 is 2.00 bits per heavy atom. The van der Waals surface area contributed by atoms with Crippen LogP contribution in [0.25, 0.3) is 0 Å². The first kappa shape index (κ1) is 18.3. The normalized spacial score (nSPS) is 21.0. The van der Waals surface area contributed by atoms with Crippen LogP contribution in [0.3, 0.4) is 0 Å². The van der Waals surface area contributed by atoms with Crippen LogP contribution in [0.1, 0.15) is 0 Å². The Kier molecular flexibility index (Phi) is 5.22. The summed E-state index contributed by atoms with van der Waals surface area (Å²) >= 11 is 5.54. The minimum Gasteiger partial charge on any atom is -0.484 e. The lowest BCUT2D eigenvalue weighted by Gasteiger charge is -2.18. The molecule has 0 unspecified atom stereocenters. The molecule has 132 valence electrons. The van der Waals surface area contributed by atoms with Gasteiger partial charge in [0.25, 0.3) is 5.91 Å². The predicted molar refractivity (Wildman–Crippen MR) is 74.2 cm³/mol.